The number of carbonyl (C=O) groups is 2. The first-order valence-corrected chi connectivity index (χ1v) is 8.26. The van der Waals surface area contributed by atoms with Crippen LogP contribution in [0.4, 0.5) is 14.5 Å². The van der Waals surface area contributed by atoms with Crippen LogP contribution in [0.5, 0.6) is 5.75 Å². The van der Waals surface area contributed by atoms with Crippen LogP contribution in [0.1, 0.15) is 17.0 Å². The number of nitrogens with one attached hydrogen (secondary N) is 1. The number of anilines is 1. The van der Waals surface area contributed by atoms with Crippen LogP contribution >= 0.6 is 0 Å². The number of rotatable bonds is 6. The van der Waals surface area contributed by atoms with Crippen molar-refractivity contribution in [2.45, 2.75) is 6.55 Å². The Morgan fingerprint density at radius 3 is 2.52 bits per heavy atom. The summed E-state index contributed by atoms with van der Waals surface area (Å²) in [6.07, 6.45) is 1.03. The highest BCUT2D eigenvalue weighted by atomic mass is 19.3. The highest BCUT2D eigenvalue weighted by molar-refractivity contribution is 6.02. The van der Waals surface area contributed by atoms with Crippen molar-refractivity contribution in [2.24, 2.45) is 0 Å². The standard InChI is InChI=1S/C17H18F2N4O4/c18-17(19)23-6-5-14(21-23)16(25)20-12-1-3-13(4-2-12)27-11-15(24)22-7-9-26-10-8-22/h1-6,17H,7-11H2,(H,20,25). The number of morpholine rings is 1. The normalized spacial score (nSPS) is 14.3. The Morgan fingerprint density at radius 2 is 1.89 bits per heavy atom. The Kier molecular flexibility index (Phi) is 5.97. The fourth-order valence-corrected chi connectivity index (χ4v) is 2.45. The van der Waals surface area contributed by atoms with Gasteiger partial charge in [-0.2, -0.15) is 13.9 Å². The van der Waals surface area contributed by atoms with Gasteiger partial charge >= 0.3 is 6.55 Å². The average Bonchev–Trinajstić information content (AvgIpc) is 3.19. The molecule has 0 radical (unpaired) electrons. The van der Waals surface area contributed by atoms with Crippen molar-refractivity contribution < 1.29 is 27.8 Å². The third-order valence-corrected chi connectivity index (χ3v) is 3.88. The molecule has 27 heavy (non-hydrogen) atoms. The third-order valence-electron chi connectivity index (χ3n) is 3.88. The van der Waals surface area contributed by atoms with Crippen LogP contribution in [0.15, 0.2) is 36.5 Å². The minimum Gasteiger partial charge on any atom is -0.484 e. The van der Waals surface area contributed by atoms with Gasteiger partial charge < -0.3 is 19.7 Å². The number of benzene rings is 1. The second-order valence-electron chi connectivity index (χ2n) is 5.72. The number of alkyl halides is 2. The van der Waals surface area contributed by atoms with Crippen LogP contribution in [0.25, 0.3) is 0 Å². The summed E-state index contributed by atoms with van der Waals surface area (Å²) in [6.45, 7) is -0.742. The Hall–Kier alpha value is -3.01. The van der Waals surface area contributed by atoms with E-state index in [2.05, 4.69) is 10.4 Å². The summed E-state index contributed by atoms with van der Waals surface area (Å²) in [5, 5.41) is 6.05. The van der Waals surface area contributed by atoms with Gasteiger partial charge in [0.05, 0.1) is 13.2 Å². The zero-order valence-corrected chi connectivity index (χ0v) is 14.3. The molecular formula is C17H18F2N4O4. The van der Waals surface area contributed by atoms with E-state index in [1.807, 2.05) is 0 Å². The number of amides is 2. The minimum atomic E-state index is -2.80. The average molecular weight is 380 g/mol. The number of ether oxygens (including phenoxy) is 2. The van der Waals surface area contributed by atoms with Gasteiger partial charge in [-0.15, -0.1) is 0 Å². The lowest BCUT2D eigenvalue weighted by molar-refractivity contribution is -0.137. The lowest BCUT2D eigenvalue weighted by Gasteiger charge is -2.26. The fraction of sp³-hybridized carbons (Fsp3) is 0.353. The van der Waals surface area contributed by atoms with Gasteiger partial charge in [-0.25, -0.2) is 4.68 Å². The van der Waals surface area contributed by atoms with Gasteiger partial charge in [0.2, 0.25) is 0 Å². The summed E-state index contributed by atoms with van der Waals surface area (Å²) in [4.78, 5) is 25.7. The van der Waals surface area contributed by atoms with Crippen molar-refractivity contribution in [3.8, 4) is 5.75 Å². The van der Waals surface area contributed by atoms with Crippen LogP contribution < -0.4 is 10.1 Å². The van der Waals surface area contributed by atoms with Crippen molar-refractivity contribution in [2.75, 3.05) is 38.2 Å². The third kappa shape index (κ3) is 5.00. The summed E-state index contributed by atoms with van der Waals surface area (Å²) in [7, 11) is 0. The van der Waals surface area contributed by atoms with E-state index in [1.165, 1.54) is 6.07 Å². The summed E-state index contributed by atoms with van der Waals surface area (Å²) in [6, 6.07) is 7.56. The largest absolute Gasteiger partial charge is 0.484 e. The molecular weight excluding hydrogens is 362 g/mol. The lowest BCUT2D eigenvalue weighted by Crippen LogP contribution is -2.42. The second-order valence-corrected chi connectivity index (χ2v) is 5.72. The number of hydrogen-bond acceptors (Lipinski definition) is 5. The van der Waals surface area contributed by atoms with Gasteiger partial charge in [-0.1, -0.05) is 0 Å². The molecule has 2 heterocycles. The molecule has 2 aromatic rings. The highest BCUT2D eigenvalue weighted by Crippen LogP contribution is 2.17. The topological polar surface area (TPSA) is 85.7 Å². The first-order valence-electron chi connectivity index (χ1n) is 8.26. The molecule has 1 aromatic heterocycles. The molecule has 1 fully saturated rings. The smallest absolute Gasteiger partial charge is 0.333 e. The van der Waals surface area contributed by atoms with Gasteiger partial charge in [-0.05, 0) is 30.3 Å². The number of hydrogen-bond donors (Lipinski definition) is 1. The fourth-order valence-electron chi connectivity index (χ4n) is 2.45. The van der Waals surface area contributed by atoms with Crippen molar-refractivity contribution in [3.05, 3.63) is 42.2 Å². The van der Waals surface area contributed by atoms with Gasteiger partial charge in [0.25, 0.3) is 11.8 Å². The zero-order valence-electron chi connectivity index (χ0n) is 14.3. The maximum Gasteiger partial charge on any atom is 0.333 e. The lowest BCUT2D eigenvalue weighted by atomic mass is 10.3. The summed E-state index contributed by atoms with van der Waals surface area (Å²) >= 11 is 0. The molecule has 1 aliphatic rings. The van der Waals surface area contributed by atoms with E-state index in [0.29, 0.717) is 42.4 Å². The van der Waals surface area contributed by atoms with Gasteiger partial charge in [0.15, 0.2) is 12.3 Å². The molecule has 8 nitrogen and oxygen atoms in total. The Morgan fingerprint density at radius 1 is 1.19 bits per heavy atom. The van der Waals surface area contributed by atoms with Crippen LogP contribution in [-0.4, -0.2) is 59.4 Å². The van der Waals surface area contributed by atoms with E-state index in [-0.39, 0.29) is 18.2 Å². The molecule has 10 heteroatoms. The van der Waals surface area contributed by atoms with Crippen molar-refractivity contribution in [3.63, 3.8) is 0 Å². The van der Waals surface area contributed by atoms with E-state index < -0.39 is 12.5 Å². The Balaban J connectivity index is 1.50. The second kappa shape index (κ2) is 8.58. The SMILES string of the molecule is O=C(Nc1ccc(OCC(=O)N2CCOCC2)cc1)c1ccn(C(F)F)n1. The molecule has 0 spiro atoms. The van der Waals surface area contributed by atoms with Crippen LogP contribution in [0, 0.1) is 0 Å². The zero-order chi connectivity index (χ0) is 19.2. The minimum absolute atomic E-state index is 0.0865. The molecule has 2 amide bonds. The Labute approximate surface area is 153 Å². The molecule has 1 saturated heterocycles. The maximum absolute atomic E-state index is 12.5. The number of nitrogens with zero attached hydrogens (tertiary/aromatic N) is 3. The highest BCUT2D eigenvalue weighted by Gasteiger charge is 2.17. The van der Waals surface area contributed by atoms with Crippen molar-refractivity contribution >= 4 is 17.5 Å². The van der Waals surface area contributed by atoms with Gasteiger partial charge in [0.1, 0.15) is 5.75 Å². The maximum atomic E-state index is 12.5. The molecule has 3 rings (SSSR count). The van der Waals surface area contributed by atoms with Gasteiger partial charge in [0, 0.05) is 25.0 Å². The summed E-state index contributed by atoms with van der Waals surface area (Å²) < 4.78 is 36.0. The molecule has 0 saturated carbocycles. The first kappa shape index (κ1) is 18.8. The quantitative estimate of drug-likeness (QED) is 0.826. The monoisotopic (exact) mass is 380 g/mol. The summed E-state index contributed by atoms with van der Waals surface area (Å²) in [5.74, 6) is -0.257. The molecule has 0 bridgehead atoms. The van der Waals surface area contributed by atoms with Gasteiger partial charge in [-0.3, -0.25) is 9.59 Å². The number of aromatic nitrogens is 2. The van der Waals surface area contributed by atoms with Crippen molar-refractivity contribution in [1.82, 2.24) is 14.7 Å². The van der Waals surface area contributed by atoms with Crippen molar-refractivity contribution in [1.29, 1.82) is 0 Å². The molecule has 1 aromatic carbocycles. The molecule has 144 valence electrons. The van der Waals surface area contributed by atoms with E-state index in [9.17, 15) is 18.4 Å². The molecule has 1 aliphatic heterocycles. The number of carbonyl (C=O) groups excluding carboxylic acids is 2. The van der Waals surface area contributed by atoms with E-state index >= 15 is 0 Å². The molecule has 0 aliphatic carbocycles. The summed E-state index contributed by atoms with van der Waals surface area (Å²) in [5.41, 5.74) is 0.324. The predicted octanol–water partition coefficient (Wildman–Crippen LogP) is 1.77. The Bertz CT molecular complexity index is 788. The molecule has 0 unspecified atom stereocenters. The van der Waals surface area contributed by atoms with Crippen LogP contribution in [-0.2, 0) is 9.53 Å². The first-order chi connectivity index (χ1) is 13.0. The predicted molar refractivity (Wildman–Crippen MR) is 90.8 cm³/mol. The van der Waals surface area contributed by atoms with E-state index in [1.54, 1.807) is 29.2 Å². The molecule has 1 N–H and O–H groups in total. The van der Waals surface area contributed by atoms with Crippen LogP contribution in [0.3, 0.4) is 0 Å². The van der Waals surface area contributed by atoms with E-state index in [0.717, 1.165) is 6.20 Å². The molecule has 0 atom stereocenters. The van der Waals surface area contributed by atoms with Crippen LogP contribution in [0.2, 0.25) is 0 Å². The number of halogens is 2. The van der Waals surface area contributed by atoms with E-state index in [4.69, 9.17) is 9.47 Å².